The van der Waals surface area contributed by atoms with E-state index in [1.165, 1.54) is 38.5 Å². The van der Waals surface area contributed by atoms with E-state index in [9.17, 15) is 5.11 Å². The van der Waals surface area contributed by atoms with Crippen molar-refractivity contribution in [3.05, 3.63) is 0 Å². The van der Waals surface area contributed by atoms with Crippen molar-refractivity contribution in [1.29, 1.82) is 0 Å². The molecule has 1 aliphatic heterocycles. The van der Waals surface area contributed by atoms with Gasteiger partial charge in [-0.2, -0.15) is 0 Å². The number of hydrogen-bond donors (Lipinski definition) is 2. The summed E-state index contributed by atoms with van der Waals surface area (Å²) < 4.78 is 0. The number of aliphatic hydroxyl groups excluding tert-OH is 1. The second-order valence-corrected chi connectivity index (χ2v) is 5.46. The zero-order valence-electron chi connectivity index (χ0n) is 10.4. The first kappa shape index (κ1) is 12.3. The molecule has 1 aliphatic carbocycles. The maximum absolute atomic E-state index is 9.62. The van der Waals surface area contributed by atoms with Gasteiger partial charge in [0, 0.05) is 18.1 Å². The number of rotatable bonds is 5. The molecular weight excluding hydrogens is 200 g/mol. The standard InChI is InChI=1S/C13H26N2O/c1-2-11-5-3-4-8-15(11)12(9-16)13(14)10-6-7-10/h10-13,16H,2-9,14H2,1H3. The van der Waals surface area contributed by atoms with E-state index in [2.05, 4.69) is 11.8 Å². The van der Waals surface area contributed by atoms with Gasteiger partial charge in [0.25, 0.3) is 0 Å². The highest BCUT2D eigenvalue weighted by Gasteiger charge is 2.38. The lowest BCUT2D eigenvalue weighted by Gasteiger charge is -2.42. The average molecular weight is 226 g/mol. The smallest absolute Gasteiger partial charge is 0.0602 e. The van der Waals surface area contributed by atoms with Crippen LogP contribution in [0.5, 0.6) is 0 Å². The van der Waals surface area contributed by atoms with Gasteiger partial charge in [-0.05, 0) is 44.6 Å². The number of nitrogens with zero attached hydrogens (tertiary/aromatic N) is 1. The summed E-state index contributed by atoms with van der Waals surface area (Å²) in [6, 6.07) is 1.05. The van der Waals surface area contributed by atoms with Crippen molar-refractivity contribution in [2.75, 3.05) is 13.2 Å². The van der Waals surface area contributed by atoms with Crippen LogP contribution in [0.25, 0.3) is 0 Å². The molecule has 0 aromatic rings. The van der Waals surface area contributed by atoms with Crippen molar-refractivity contribution < 1.29 is 5.11 Å². The summed E-state index contributed by atoms with van der Waals surface area (Å²) in [6.45, 7) is 3.61. The largest absolute Gasteiger partial charge is 0.395 e. The SMILES string of the molecule is CCC1CCCCN1C(CO)C(N)C1CC1. The molecule has 3 N–H and O–H groups in total. The van der Waals surface area contributed by atoms with E-state index in [-0.39, 0.29) is 18.7 Å². The van der Waals surface area contributed by atoms with Crippen molar-refractivity contribution in [2.24, 2.45) is 11.7 Å². The lowest BCUT2D eigenvalue weighted by molar-refractivity contribution is 0.0379. The summed E-state index contributed by atoms with van der Waals surface area (Å²) in [4.78, 5) is 2.49. The number of aliphatic hydroxyl groups is 1. The Labute approximate surface area is 99.0 Å². The highest BCUT2D eigenvalue weighted by atomic mass is 16.3. The highest BCUT2D eigenvalue weighted by molar-refractivity contribution is 4.95. The van der Waals surface area contributed by atoms with Crippen LogP contribution >= 0.6 is 0 Å². The second kappa shape index (κ2) is 5.48. The lowest BCUT2D eigenvalue weighted by Crippen LogP contribution is -2.56. The van der Waals surface area contributed by atoms with Gasteiger partial charge in [0.1, 0.15) is 0 Å². The Bertz CT molecular complexity index is 216. The molecule has 2 rings (SSSR count). The van der Waals surface area contributed by atoms with E-state index >= 15 is 0 Å². The van der Waals surface area contributed by atoms with E-state index in [1.54, 1.807) is 0 Å². The minimum absolute atomic E-state index is 0.192. The predicted molar refractivity (Wildman–Crippen MR) is 66.2 cm³/mol. The van der Waals surface area contributed by atoms with Crippen molar-refractivity contribution in [2.45, 2.75) is 63.6 Å². The first-order valence-corrected chi connectivity index (χ1v) is 6.90. The summed E-state index contributed by atoms with van der Waals surface area (Å²) in [5, 5.41) is 9.62. The summed E-state index contributed by atoms with van der Waals surface area (Å²) >= 11 is 0. The van der Waals surface area contributed by atoms with Crippen LogP contribution in [0.15, 0.2) is 0 Å². The Hall–Kier alpha value is -0.120. The van der Waals surface area contributed by atoms with E-state index in [4.69, 9.17) is 5.73 Å². The molecule has 1 saturated carbocycles. The van der Waals surface area contributed by atoms with Gasteiger partial charge >= 0.3 is 0 Å². The van der Waals surface area contributed by atoms with Crippen LogP contribution in [0.4, 0.5) is 0 Å². The zero-order chi connectivity index (χ0) is 11.5. The molecule has 1 saturated heterocycles. The number of likely N-dealkylation sites (tertiary alicyclic amines) is 1. The van der Waals surface area contributed by atoms with Crippen LogP contribution in [0.1, 0.15) is 45.4 Å². The molecular formula is C13H26N2O. The Morgan fingerprint density at radius 1 is 1.31 bits per heavy atom. The normalized spacial score (nSPS) is 31.3. The molecule has 3 nitrogen and oxygen atoms in total. The van der Waals surface area contributed by atoms with Crippen molar-refractivity contribution in [3.63, 3.8) is 0 Å². The number of nitrogens with two attached hydrogens (primary N) is 1. The fourth-order valence-corrected chi connectivity index (χ4v) is 3.14. The molecule has 1 heterocycles. The molecule has 0 spiro atoms. The third-order valence-electron chi connectivity index (χ3n) is 4.37. The predicted octanol–water partition coefficient (Wildman–Crippen LogP) is 1.35. The number of hydrogen-bond acceptors (Lipinski definition) is 3. The molecule has 3 atom stereocenters. The first-order chi connectivity index (χ1) is 7.77. The summed E-state index contributed by atoms with van der Waals surface area (Å²) in [6.07, 6.45) is 7.61. The highest BCUT2D eigenvalue weighted by Crippen LogP contribution is 2.35. The van der Waals surface area contributed by atoms with Gasteiger partial charge in [0.15, 0.2) is 0 Å². The van der Waals surface area contributed by atoms with Crippen LogP contribution in [-0.4, -0.2) is 41.3 Å². The molecule has 94 valence electrons. The third-order valence-corrected chi connectivity index (χ3v) is 4.37. The van der Waals surface area contributed by atoms with Crippen molar-refractivity contribution in [1.82, 2.24) is 4.90 Å². The molecule has 3 heteroatoms. The molecule has 2 fully saturated rings. The monoisotopic (exact) mass is 226 g/mol. The molecule has 0 aromatic heterocycles. The quantitative estimate of drug-likeness (QED) is 0.744. The third kappa shape index (κ3) is 2.58. The minimum atomic E-state index is 0.192. The zero-order valence-corrected chi connectivity index (χ0v) is 10.4. The van der Waals surface area contributed by atoms with E-state index in [0.717, 1.165) is 6.54 Å². The molecule has 2 aliphatic rings. The van der Waals surface area contributed by atoms with Gasteiger partial charge in [0.2, 0.25) is 0 Å². The molecule has 0 bridgehead atoms. The van der Waals surface area contributed by atoms with Crippen LogP contribution in [0.3, 0.4) is 0 Å². The van der Waals surface area contributed by atoms with Crippen LogP contribution in [0.2, 0.25) is 0 Å². The Morgan fingerprint density at radius 2 is 2.06 bits per heavy atom. The Morgan fingerprint density at radius 3 is 2.62 bits per heavy atom. The maximum atomic E-state index is 9.62. The summed E-state index contributed by atoms with van der Waals surface area (Å²) in [5.41, 5.74) is 6.28. The molecule has 0 amide bonds. The second-order valence-electron chi connectivity index (χ2n) is 5.46. The van der Waals surface area contributed by atoms with E-state index in [0.29, 0.717) is 12.0 Å². The fraction of sp³-hybridized carbons (Fsp3) is 1.00. The van der Waals surface area contributed by atoms with Crippen molar-refractivity contribution in [3.8, 4) is 0 Å². The van der Waals surface area contributed by atoms with Crippen LogP contribution in [-0.2, 0) is 0 Å². The molecule has 0 radical (unpaired) electrons. The van der Waals surface area contributed by atoms with Gasteiger partial charge in [-0.3, -0.25) is 4.90 Å². The fourth-order valence-electron chi connectivity index (χ4n) is 3.14. The molecule has 0 aromatic carbocycles. The first-order valence-electron chi connectivity index (χ1n) is 6.90. The van der Waals surface area contributed by atoms with Gasteiger partial charge in [-0.15, -0.1) is 0 Å². The van der Waals surface area contributed by atoms with Gasteiger partial charge in [-0.25, -0.2) is 0 Å². The molecule has 3 unspecified atom stereocenters. The minimum Gasteiger partial charge on any atom is -0.395 e. The topological polar surface area (TPSA) is 49.5 Å². The van der Waals surface area contributed by atoms with E-state index < -0.39 is 0 Å². The van der Waals surface area contributed by atoms with Gasteiger partial charge in [0.05, 0.1) is 6.61 Å². The maximum Gasteiger partial charge on any atom is 0.0602 e. The summed E-state index contributed by atoms with van der Waals surface area (Å²) in [5.74, 6) is 0.677. The van der Waals surface area contributed by atoms with Gasteiger partial charge < -0.3 is 10.8 Å². The van der Waals surface area contributed by atoms with Crippen molar-refractivity contribution >= 4 is 0 Å². The number of piperidine rings is 1. The lowest BCUT2D eigenvalue weighted by atomic mass is 9.94. The Balaban J connectivity index is 1.99. The van der Waals surface area contributed by atoms with Crippen LogP contribution in [0, 0.1) is 5.92 Å². The Kier molecular flexibility index (Phi) is 4.22. The molecule has 16 heavy (non-hydrogen) atoms. The van der Waals surface area contributed by atoms with E-state index in [1.807, 2.05) is 0 Å². The van der Waals surface area contributed by atoms with Crippen LogP contribution < -0.4 is 5.73 Å². The summed E-state index contributed by atoms with van der Waals surface area (Å²) in [7, 11) is 0. The van der Waals surface area contributed by atoms with Gasteiger partial charge in [-0.1, -0.05) is 13.3 Å². The average Bonchev–Trinajstić information content (AvgIpc) is 3.14.